The molecule has 1 fully saturated rings. The number of rotatable bonds is 4. The van der Waals surface area contributed by atoms with E-state index < -0.39 is 0 Å². The van der Waals surface area contributed by atoms with Crippen molar-refractivity contribution < 1.29 is 0 Å². The van der Waals surface area contributed by atoms with E-state index in [1.807, 2.05) is 36.0 Å². The molecule has 2 nitrogen and oxygen atoms in total. The largest absolute Gasteiger partial charge is 0.384 e. The van der Waals surface area contributed by atoms with Gasteiger partial charge >= 0.3 is 0 Å². The van der Waals surface area contributed by atoms with E-state index in [-0.39, 0.29) is 0 Å². The summed E-state index contributed by atoms with van der Waals surface area (Å²) in [6.07, 6.45) is 7.56. The number of thioether (sulfide) groups is 1. The molecule has 1 N–H and O–H groups in total. The summed E-state index contributed by atoms with van der Waals surface area (Å²) < 4.78 is 0.425. The first kappa shape index (κ1) is 12.3. The van der Waals surface area contributed by atoms with Crippen molar-refractivity contribution in [1.29, 1.82) is 5.26 Å². The Hall–Kier alpha value is -1.14. The fraction of sp³-hybridized carbons (Fsp3) is 0.500. The zero-order chi connectivity index (χ0) is 12.1. The number of hydrogen-bond acceptors (Lipinski definition) is 3. The summed E-state index contributed by atoms with van der Waals surface area (Å²) in [5.41, 5.74) is 1.83. The number of hydrogen-bond donors (Lipinski definition) is 1. The summed E-state index contributed by atoms with van der Waals surface area (Å²) in [5.74, 6) is 0. The lowest BCUT2D eigenvalue weighted by Gasteiger charge is -2.27. The van der Waals surface area contributed by atoms with Crippen molar-refractivity contribution in [3.05, 3.63) is 29.8 Å². The van der Waals surface area contributed by atoms with Crippen LogP contribution in [0.5, 0.6) is 0 Å². The minimum absolute atomic E-state index is 0.425. The third kappa shape index (κ3) is 2.95. The van der Waals surface area contributed by atoms with E-state index in [2.05, 4.69) is 17.6 Å². The number of anilines is 1. The number of nitrogens with zero attached hydrogens (tertiary/aromatic N) is 1. The van der Waals surface area contributed by atoms with E-state index in [1.54, 1.807) is 0 Å². The molecular weight excluding hydrogens is 228 g/mol. The Kier molecular flexibility index (Phi) is 3.96. The second-order valence-corrected chi connectivity index (χ2v) is 5.91. The maximum atomic E-state index is 8.74. The molecule has 17 heavy (non-hydrogen) atoms. The van der Waals surface area contributed by atoms with Gasteiger partial charge in [-0.05, 0) is 43.4 Å². The number of benzene rings is 1. The highest BCUT2D eigenvalue weighted by molar-refractivity contribution is 8.00. The molecule has 0 bridgehead atoms. The van der Waals surface area contributed by atoms with Gasteiger partial charge in [0.25, 0.3) is 0 Å². The average Bonchev–Trinajstić information content (AvgIpc) is 2.86. The Morgan fingerprint density at radius 1 is 1.29 bits per heavy atom. The molecule has 0 unspecified atom stereocenters. The van der Waals surface area contributed by atoms with Crippen molar-refractivity contribution in [1.82, 2.24) is 0 Å². The van der Waals surface area contributed by atoms with Crippen LogP contribution in [0.3, 0.4) is 0 Å². The van der Waals surface area contributed by atoms with Crippen molar-refractivity contribution in [3.8, 4) is 6.07 Å². The normalized spacial score (nSPS) is 17.6. The van der Waals surface area contributed by atoms with Gasteiger partial charge in [-0.1, -0.05) is 12.8 Å². The fourth-order valence-corrected chi connectivity index (χ4v) is 3.31. The van der Waals surface area contributed by atoms with Gasteiger partial charge in [0.2, 0.25) is 0 Å². The van der Waals surface area contributed by atoms with Gasteiger partial charge in [0.1, 0.15) is 0 Å². The molecule has 0 heterocycles. The summed E-state index contributed by atoms with van der Waals surface area (Å²) in [6, 6.07) is 9.84. The number of nitriles is 1. The summed E-state index contributed by atoms with van der Waals surface area (Å²) in [6.45, 7) is 1.03. The first-order valence-electron chi connectivity index (χ1n) is 6.07. The summed E-state index contributed by atoms with van der Waals surface area (Å²) in [4.78, 5) is 0. The zero-order valence-electron chi connectivity index (χ0n) is 10.2. The van der Waals surface area contributed by atoms with Crippen LogP contribution in [0.4, 0.5) is 5.69 Å². The minimum Gasteiger partial charge on any atom is -0.384 e. The van der Waals surface area contributed by atoms with E-state index in [0.29, 0.717) is 4.75 Å². The van der Waals surface area contributed by atoms with Gasteiger partial charge in [-0.3, -0.25) is 0 Å². The van der Waals surface area contributed by atoms with Crippen LogP contribution in [0.15, 0.2) is 24.3 Å². The maximum Gasteiger partial charge on any atom is 0.0991 e. The molecule has 0 amide bonds. The molecule has 1 aliphatic rings. The molecule has 1 saturated carbocycles. The lowest BCUT2D eigenvalue weighted by Crippen LogP contribution is -2.29. The van der Waals surface area contributed by atoms with E-state index >= 15 is 0 Å². The Morgan fingerprint density at radius 2 is 1.94 bits per heavy atom. The topological polar surface area (TPSA) is 35.8 Å². The standard InChI is InChI=1S/C14H18N2S/c1-17-14(8-2-3-9-14)11-16-13-6-4-12(10-15)5-7-13/h4-7,16H,2-3,8-9,11H2,1H3. The molecule has 1 aromatic carbocycles. The smallest absolute Gasteiger partial charge is 0.0991 e. The van der Waals surface area contributed by atoms with Gasteiger partial charge in [0, 0.05) is 17.0 Å². The Bertz CT molecular complexity index is 399. The van der Waals surface area contributed by atoms with Crippen LogP contribution in [0.1, 0.15) is 31.2 Å². The molecule has 1 aromatic rings. The molecule has 0 saturated heterocycles. The second kappa shape index (κ2) is 5.46. The van der Waals surface area contributed by atoms with Gasteiger partial charge in [-0.25, -0.2) is 0 Å². The molecule has 0 atom stereocenters. The number of nitrogens with one attached hydrogen (secondary N) is 1. The van der Waals surface area contributed by atoms with Crippen molar-refractivity contribution in [2.24, 2.45) is 0 Å². The molecule has 0 aliphatic heterocycles. The monoisotopic (exact) mass is 246 g/mol. The van der Waals surface area contributed by atoms with Crippen molar-refractivity contribution >= 4 is 17.4 Å². The SMILES string of the molecule is CSC1(CNc2ccc(C#N)cc2)CCCC1. The van der Waals surface area contributed by atoms with Crippen LogP contribution in [-0.2, 0) is 0 Å². The minimum atomic E-state index is 0.425. The Morgan fingerprint density at radius 3 is 2.47 bits per heavy atom. The third-order valence-corrected chi connectivity index (χ3v) is 5.00. The summed E-state index contributed by atoms with van der Waals surface area (Å²) >= 11 is 1.99. The molecule has 0 radical (unpaired) electrons. The predicted octanol–water partition coefficient (Wildman–Crippen LogP) is 3.65. The third-order valence-electron chi connectivity index (χ3n) is 3.58. The predicted molar refractivity (Wildman–Crippen MR) is 74.4 cm³/mol. The van der Waals surface area contributed by atoms with Crippen LogP contribution in [0, 0.1) is 11.3 Å². The highest BCUT2D eigenvalue weighted by Crippen LogP contribution is 2.40. The highest BCUT2D eigenvalue weighted by atomic mass is 32.2. The molecule has 0 spiro atoms. The molecule has 1 aliphatic carbocycles. The summed E-state index contributed by atoms with van der Waals surface area (Å²) in [7, 11) is 0. The summed E-state index contributed by atoms with van der Waals surface area (Å²) in [5, 5.41) is 12.2. The Balaban J connectivity index is 1.94. The Labute approximate surface area is 107 Å². The van der Waals surface area contributed by atoms with Gasteiger partial charge in [-0.15, -0.1) is 0 Å². The first-order chi connectivity index (χ1) is 8.28. The van der Waals surface area contributed by atoms with Crippen LogP contribution >= 0.6 is 11.8 Å². The second-order valence-electron chi connectivity index (χ2n) is 4.64. The van der Waals surface area contributed by atoms with Gasteiger partial charge in [0.05, 0.1) is 11.6 Å². The molecular formula is C14H18N2S. The van der Waals surface area contributed by atoms with E-state index in [4.69, 9.17) is 5.26 Å². The lowest BCUT2D eigenvalue weighted by molar-refractivity contribution is 0.640. The quantitative estimate of drug-likeness (QED) is 0.881. The van der Waals surface area contributed by atoms with Crippen LogP contribution in [0.25, 0.3) is 0 Å². The van der Waals surface area contributed by atoms with E-state index in [0.717, 1.165) is 17.8 Å². The average molecular weight is 246 g/mol. The fourth-order valence-electron chi connectivity index (χ4n) is 2.40. The van der Waals surface area contributed by atoms with E-state index in [9.17, 15) is 0 Å². The van der Waals surface area contributed by atoms with Crippen LogP contribution in [0.2, 0.25) is 0 Å². The first-order valence-corrected chi connectivity index (χ1v) is 7.30. The maximum absolute atomic E-state index is 8.74. The van der Waals surface area contributed by atoms with Crippen molar-refractivity contribution in [2.45, 2.75) is 30.4 Å². The lowest BCUT2D eigenvalue weighted by atomic mass is 10.1. The van der Waals surface area contributed by atoms with Crippen molar-refractivity contribution in [2.75, 3.05) is 18.1 Å². The zero-order valence-corrected chi connectivity index (χ0v) is 11.0. The molecule has 3 heteroatoms. The van der Waals surface area contributed by atoms with Crippen molar-refractivity contribution in [3.63, 3.8) is 0 Å². The van der Waals surface area contributed by atoms with Gasteiger partial charge in [-0.2, -0.15) is 17.0 Å². The van der Waals surface area contributed by atoms with Crippen LogP contribution < -0.4 is 5.32 Å². The van der Waals surface area contributed by atoms with E-state index in [1.165, 1.54) is 25.7 Å². The molecule has 0 aromatic heterocycles. The van der Waals surface area contributed by atoms with Gasteiger partial charge < -0.3 is 5.32 Å². The highest BCUT2D eigenvalue weighted by Gasteiger charge is 2.32. The van der Waals surface area contributed by atoms with Gasteiger partial charge in [0.15, 0.2) is 0 Å². The van der Waals surface area contributed by atoms with Crippen LogP contribution in [-0.4, -0.2) is 17.5 Å². The molecule has 2 rings (SSSR count). The molecule has 90 valence electrons.